The Labute approximate surface area is 274 Å². The van der Waals surface area contributed by atoms with Crippen molar-refractivity contribution in [1.82, 2.24) is 40.0 Å². The second kappa shape index (κ2) is 14.1. The second-order valence-corrected chi connectivity index (χ2v) is 12.3. The summed E-state index contributed by atoms with van der Waals surface area (Å²) in [5.74, 6) is 2.75. The van der Waals surface area contributed by atoms with Crippen LogP contribution in [0.25, 0.3) is 34.3 Å². The molecule has 4 aromatic heterocycles. The maximum Gasteiger partial charge on any atom is 0.274 e. The van der Waals surface area contributed by atoms with Gasteiger partial charge in [0.15, 0.2) is 17.5 Å². The van der Waals surface area contributed by atoms with Crippen molar-refractivity contribution in [3.8, 4) is 46.4 Å². The summed E-state index contributed by atoms with van der Waals surface area (Å²) in [4.78, 5) is 12.6. The molecule has 1 atom stereocenters. The number of hydrogen-bond donors (Lipinski definition) is 0. The molecule has 1 unspecified atom stereocenters. The van der Waals surface area contributed by atoms with Crippen LogP contribution < -0.4 is 0 Å². The van der Waals surface area contributed by atoms with Crippen LogP contribution in [0.1, 0.15) is 47.4 Å². The lowest BCUT2D eigenvalue weighted by atomic mass is 9.95. The molecule has 0 aliphatic carbocycles. The molecule has 2 aromatic carbocycles. The number of hydrogen-bond acceptors (Lipinski definition) is 14. The van der Waals surface area contributed by atoms with Crippen molar-refractivity contribution in [3.63, 3.8) is 0 Å². The molecule has 0 spiro atoms. The number of nitrogens with zero attached hydrogens (tertiary/aromatic N) is 10. The molecular weight excluding hydrogens is 636 g/mol. The van der Waals surface area contributed by atoms with Gasteiger partial charge in [-0.1, -0.05) is 22.4 Å². The van der Waals surface area contributed by atoms with Gasteiger partial charge in [0.05, 0.1) is 30.4 Å². The predicted molar refractivity (Wildman–Crippen MR) is 167 cm³/mol. The van der Waals surface area contributed by atoms with Gasteiger partial charge < -0.3 is 13.6 Å². The van der Waals surface area contributed by atoms with Crippen LogP contribution in [-0.4, -0.2) is 55.6 Å². The van der Waals surface area contributed by atoms with E-state index in [2.05, 4.69) is 50.3 Å². The molecule has 0 saturated carbocycles. The number of pyridine rings is 1. The van der Waals surface area contributed by atoms with Gasteiger partial charge in [-0.3, -0.25) is 9.17 Å². The molecule has 1 aliphatic heterocycles. The van der Waals surface area contributed by atoms with Crippen molar-refractivity contribution in [2.45, 2.75) is 37.5 Å². The van der Waals surface area contributed by atoms with Crippen LogP contribution in [0.2, 0.25) is 0 Å². The molecule has 0 bridgehead atoms. The highest BCUT2D eigenvalue weighted by atomic mass is 32.2. The van der Waals surface area contributed by atoms with Gasteiger partial charge in [-0.15, -0.1) is 10.2 Å². The Morgan fingerprint density at radius 2 is 1.50 bits per heavy atom. The fourth-order valence-electron chi connectivity index (χ4n) is 5.14. The summed E-state index contributed by atoms with van der Waals surface area (Å²) in [7, 11) is -2.63. The molecule has 240 valence electrons. The van der Waals surface area contributed by atoms with Gasteiger partial charge in [0.1, 0.15) is 11.6 Å². The monoisotopic (exact) mass is 662 g/mol. The van der Waals surface area contributed by atoms with Crippen LogP contribution in [0.4, 0.5) is 0 Å². The number of fused-ring (bicyclic) bond motifs is 1. The average Bonchev–Trinajstić information content (AvgIpc) is 3.90. The number of benzene rings is 2. The molecule has 0 radical (unpaired) electrons. The Morgan fingerprint density at radius 3 is 2.12 bits per heavy atom. The summed E-state index contributed by atoms with van der Waals surface area (Å²) in [5, 5.41) is 34.4. The predicted octanol–water partition coefficient (Wildman–Crippen LogP) is 4.47. The SMILES string of the molecule is COS(=O)(=O)Cc1noc(-c2cccc(C#N)c2)n1.N#Cc1cccc(-c2nc(CC3CCCn4c(-c5ccncc5)nnc43)no2)c1. The zero-order valence-electron chi connectivity index (χ0n) is 25.5. The van der Waals surface area contributed by atoms with Crippen LogP contribution in [-0.2, 0) is 33.0 Å². The lowest BCUT2D eigenvalue weighted by Crippen LogP contribution is -2.19. The normalized spacial score (nSPS) is 13.9. The molecular formula is C32H26N10O5S. The van der Waals surface area contributed by atoms with E-state index in [1.54, 1.807) is 48.8 Å². The largest absolute Gasteiger partial charge is 0.334 e. The minimum absolute atomic E-state index is 0.000731. The van der Waals surface area contributed by atoms with Gasteiger partial charge in [-0.05, 0) is 61.4 Å². The number of rotatable bonds is 8. The topological polar surface area (TPSA) is 212 Å². The molecule has 48 heavy (non-hydrogen) atoms. The van der Waals surface area contributed by atoms with Crippen LogP contribution >= 0.6 is 0 Å². The van der Waals surface area contributed by atoms with Crippen molar-refractivity contribution in [2.24, 2.45) is 0 Å². The summed E-state index contributed by atoms with van der Waals surface area (Å²) < 4.78 is 39.3. The van der Waals surface area contributed by atoms with Gasteiger partial charge in [0, 0.05) is 48.0 Å². The first-order chi connectivity index (χ1) is 23.4. The summed E-state index contributed by atoms with van der Waals surface area (Å²) in [6.07, 6.45) is 6.21. The van der Waals surface area contributed by atoms with Crippen molar-refractivity contribution in [3.05, 3.63) is 102 Å². The van der Waals surface area contributed by atoms with Crippen LogP contribution in [0, 0.1) is 22.7 Å². The second-order valence-electron chi connectivity index (χ2n) is 10.6. The fourth-order valence-corrected chi connectivity index (χ4v) is 5.69. The summed E-state index contributed by atoms with van der Waals surface area (Å²) in [5.41, 5.74) is 3.31. The van der Waals surface area contributed by atoms with Crippen LogP contribution in [0.3, 0.4) is 0 Å². The first-order valence-corrected chi connectivity index (χ1v) is 16.2. The lowest BCUT2D eigenvalue weighted by Gasteiger charge is -2.22. The molecule has 0 fully saturated rings. The Kier molecular flexibility index (Phi) is 9.38. The first-order valence-electron chi connectivity index (χ1n) is 14.6. The van der Waals surface area contributed by atoms with E-state index in [1.165, 1.54) is 0 Å². The smallest absolute Gasteiger partial charge is 0.274 e. The Morgan fingerprint density at radius 1 is 0.875 bits per heavy atom. The maximum absolute atomic E-state index is 11.2. The molecule has 16 heteroatoms. The molecule has 1 aliphatic rings. The Bertz CT molecular complexity index is 2230. The van der Waals surface area contributed by atoms with Crippen molar-refractivity contribution in [2.75, 3.05) is 7.11 Å². The van der Waals surface area contributed by atoms with Gasteiger partial charge in [-0.25, -0.2) is 0 Å². The summed E-state index contributed by atoms with van der Waals surface area (Å²) in [6, 6.07) is 21.7. The standard InChI is InChI=1S/C21H17N7O.C11H9N3O4S/c22-13-14-3-1-4-17(11-14)21-24-18(27-29-21)12-16-5-2-10-28-19(25-26-20(16)28)15-6-8-23-9-7-15;1-17-19(15,16)7-10-13-11(18-14-10)9-4-2-3-8(5-9)6-12/h1,3-4,6-9,11,16H,2,5,10,12H2;2-5H,7H2,1H3. The molecule has 15 nitrogen and oxygen atoms in total. The van der Waals surface area contributed by atoms with Gasteiger partial charge in [-0.2, -0.15) is 28.9 Å². The van der Waals surface area contributed by atoms with E-state index in [4.69, 9.17) is 19.6 Å². The van der Waals surface area contributed by atoms with Gasteiger partial charge >= 0.3 is 0 Å². The van der Waals surface area contributed by atoms with Gasteiger partial charge in [0.25, 0.3) is 21.9 Å². The quantitative estimate of drug-likeness (QED) is 0.206. The van der Waals surface area contributed by atoms with Crippen molar-refractivity contribution < 1.29 is 21.6 Å². The minimum Gasteiger partial charge on any atom is -0.334 e. The Balaban J connectivity index is 0.000000184. The van der Waals surface area contributed by atoms with Crippen LogP contribution in [0.5, 0.6) is 0 Å². The molecule has 0 N–H and O–H groups in total. The van der Waals surface area contributed by atoms with E-state index >= 15 is 0 Å². The van der Waals surface area contributed by atoms with E-state index in [0.29, 0.717) is 34.8 Å². The third-order valence-electron chi connectivity index (χ3n) is 7.42. The maximum atomic E-state index is 11.2. The van der Waals surface area contributed by atoms with Gasteiger partial charge in [0.2, 0.25) is 0 Å². The molecule has 0 saturated heterocycles. The van der Waals surface area contributed by atoms with E-state index in [-0.39, 0.29) is 17.6 Å². The molecule has 5 heterocycles. The minimum atomic E-state index is -3.69. The van der Waals surface area contributed by atoms with E-state index in [9.17, 15) is 8.42 Å². The van der Waals surface area contributed by atoms with E-state index in [1.807, 2.05) is 30.3 Å². The fraction of sp³-hybridized carbons (Fsp3) is 0.219. The highest BCUT2D eigenvalue weighted by Gasteiger charge is 2.27. The zero-order valence-corrected chi connectivity index (χ0v) is 26.3. The Hall–Kier alpha value is -6.10. The average molecular weight is 663 g/mol. The third kappa shape index (κ3) is 7.31. The highest BCUT2D eigenvalue weighted by molar-refractivity contribution is 7.85. The number of nitriles is 2. The molecule has 7 rings (SSSR count). The highest BCUT2D eigenvalue weighted by Crippen LogP contribution is 2.32. The van der Waals surface area contributed by atoms with E-state index in [0.717, 1.165) is 49.3 Å². The van der Waals surface area contributed by atoms with Crippen LogP contribution in [0.15, 0.2) is 82.1 Å². The first kappa shape index (κ1) is 31.9. The summed E-state index contributed by atoms with van der Waals surface area (Å²) >= 11 is 0. The zero-order chi connectivity index (χ0) is 33.5. The van der Waals surface area contributed by atoms with Crippen molar-refractivity contribution in [1.29, 1.82) is 10.5 Å². The molecule has 6 aromatic rings. The lowest BCUT2D eigenvalue weighted by molar-refractivity contribution is 0.392. The van der Waals surface area contributed by atoms with E-state index < -0.39 is 15.9 Å². The van der Waals surface area contributed by atoms with Crippen molar-refractivity contribution >= 4 is 10.1 Å². The third-order valence-corrected chi connectivity index (χ3v) is 8.54. The number of aromatic nitrogens is 8. The molecule has 0 amide bonds. The summed E-state index contributed by atoms with van der Waals surface area (Å²) in [6.45, 7) is 0.898.